The van der Waals surface area contributed by atoms with Crippen molar-refractivity contribution in [3.63, 3.8) is 0 Å². The molecule has 0 saturated carbocycles. The van der Waals surface area contributed by atoms with Crippen LogP contribution in [0.4, 0.5) is 0 Å². The van der Waals surface area contributed by atoms with Gasteiger partial charge in [0, 0.05) is 31.3 Å². The van der Waals surface area contributed by atoms with Crippen molar-refractivity contribution in [2.24, 2.45) is 5.73 Å². The van der Waals surface area contributed by atoms with Crippen molar-refractivity contribution in [1.82, 2.24) is 5.32 Å². The van der Waals surface area contributed by atoms with Crippen LogP contribution >= 0.6 is 0 Å². The van der Waals surface area contributed by atoms with E-state index in [9.17, 15) is 0 Å². The second kappa shape index (κ2) is 7.86. The number of nitrogens with two attached hydrogens (primary N) is 1. The quantitative estimate of drug-likeness (QED) is 0.529. The van der Waals surface area contributed by atoms with Gasteiger partial charge in [0.25, 0.3) is 0 Å². The Morgan fingerprint density at radius 1 is 1.40 bits per heavy atom. The van der Waals surface area contributed by atoms with Gasteiger partial charge in [-0.25, -0.2) is 0 Å². The average molecular weight is 305 g/mol. The van der Waals surface area contributed by atoms with Crippen LogP contribution in [-0.2, 0) is 13.3 Å². The van der Waals surface area contributed by atoms with Gasteiger partial charge in [0.05, 0.1) is 5.60 Å². The molecule has 1 saturated heterocycles. The van der Waals surface area contributed by atoms with Crippen LogP contribution in [0.3, 0.4) is 0 Å². The smallest absolute Gasteiger partial charge is 0.371 e. The van der Waals surface area contributed by atoms with E-state index in [4.69, 9.17) is 19.0 Å². The van der Waals surface area contributed by atoms with E-state index in [0.29, 0.717) is 6.54 Å². The maximum atomic E-state index is 6.29. The molecule has 0 aromatic carbocycles. The summed E-state index contributed by atoms with van der Waals surface area (Å²) in [6, 6.07) is 0.858. The van der Waals surface area contributed by atoms with Crippen molar-refractivity contribution in [3.8, 4) is 0 Å². The Morgan fingerprint density at radius 2 is 2.10 bits per heavy atom. The summed E-state index contributed by atoms with van der Waals surface area (Å²) in [6.45, 7) is 12.9. The maximum Gasteiger partial charge on any atom is 0.501 e. The molecule has 0 spiro atoms. The summed E-state index contributed by atoms with van der Waals surface area (Å²) in [7, 11) is -2.58. The van der Waals surface area contributed by atoms with E-state index >= 15 is 0 Å². The van der Waals surface area contributed by atoms with Crippen molar-refractivity contribution in [3.05, 3.63) is 0 Å². The van der Waals surface area contributed by atoms with Crippen LogP contribution in [0.5, 0.6) is 0 Å². The Morgan fingerprint density at radius 3 is 2.65 bits per heavy atom. The first-order chi connectivity index (χ1) is 9.29. The van der Waals surface area contributed by atoms with Gasteiger partial charge in [-0.2, -0.15) is 0 Å². The SMILES string of the molecule is CC(C)O[Si]1(CCCNCCN)OC(C)CC(C)(C)O1. The molecule has 2 unspecified atom stereocenters. The third-order valence-corrected chi connectivity index (χ3v) is 6.59. The Bertz CT molecular complexity index is 286. The van der Waals surface area contributed by atoms with Gasteiger partial charge in [-0.15, -0.1) is 0 Å². The Balaban J connectivity index is 2.61. The summed E-state index contributed by atoms with van der Waals surface area (Å²) >= 11 is 0. The lowest BCUT2D eigenvalue weighted by Crippen LogP contribution is -2.59. The summed E-state index contributed by atoms with van der Waals surface area (Å²) in [6.07, 6.45) is 2.22. The normalized spacial score (nSPS) is 29.9. The Labute approximate surface area is 124 Å². The second-order valence-corrected chi connectivity index (χ2v) is 9.03. The second-order valence-electron chi connectivity index (χ2n) is 6.49. The molecule has 2 atom stereocenters. The van der Waals surface area contributed by atoms with Gasteiger partial charge in [-0.3, -0.25) is 0 Å². The van der Waals surface area contributed by atoms with Gasteiger partial charge < -0.3 is 24.3 Å². The summed E-state index contributed by atoms with van der Waals surface area (Å²) in [5.74, 6) is 0. The molecule has 3 N–H and O–H groups in total. The Kier molecular flexibility index (Phi) is 7.10. The fraction of sp³-hybridized carbons (Fsp3) is 1.00. The van der Waals surface area contributed by atoms with Crippen molar-refractivity contribution in [2.75, 3.05) is 19.6 Å². The standard InChI is InChI=1S/C14H32N2O3Si/c1-12(2)17-20(10-6-8-16-9-7-15)18-13(3)11-14(4,5)19-20/h12-13,16H,6-11,15H2,1-5H3. The summed E-state index contributed by atoms with van der Waals surface area (Å²) in [5.41, 5.74) is 5.31. The number of hydrogen-bond donors (Lipinski definition) is 2. The zero-order chi connectivity index (χ0) is 15.2. The molecule has 0 aromatic heterocycles. The molecule has 0 radical (unpaired) electrons. The molecular weight excluding hydrogens is 272 g/mol. The molecule has 0 aromatic rings. The minimum absolute atomic E-state index is 0.125. The minimum Gasteiger partial charge on any atom is -0.371 e. The third-order valence-electron chi connectivity index (χ3n) is 3.16. The molecule has 0 aliphatic carbocycles. The number of hydrogen-bond acceptors (Lipinski definition) is 5. The van der Waals surface area contributed by atoms with Crippen LogP contribution < -0.4 is 11.1 Å². The van der Waals surface area contributed by atoms with E-state index in [0.717, 1.165) is 32.0 Å². The van der Waals surface area contributed by atoms with Crippen LogP contribution in [0.15, 0.2) is 0 Å². The first kappa shape index (κ1) is 18.1. The fourth-order valence-electron chi connectivity index (χ4n) is 2.76. The molecule has 20 heavy (non-hydrogen) atoms. The van der Waals surface area contributed by atoms with Gasteiger partial charge in [-0.05, 0) is 54.0 Å². The van der Waals surface area contributed by atoms with E-state index in [-0.39, 0.29) is 17.8 Å². The number of rotatable bonds is 8. The first-order valence-electron chi connectivity index (χ1n) is 7.75. The van der Waals surface area contributed by atoms with Crippen molar-refractivity contribution >= 4 is 8.80 Å². The monoisotopic (exact) mass is 304 g/mol. The van der Waals surface area contributed by atoms with Crippen LogP contribution in [0.1, 0.15) is 47.5 Å². The fourth-order valence-corrected chi connectivity index (χ4v) is 6.20. The zero-order valence-electron chi connectivity index (χ0n) is 13.7. The molecular formula is C14H32N2O3Si. The van der Waals surface area contributed by atoms with Crippen LogP contribution in [0.25, 0.3) is 0 Å². The molecule has 0 amide bonds. The topological polar surface area (TPSA) is 65.7 Å². The number of nitrogens with one attached hydrogen (secondary N) is 1. The average Bonchev–Trinajstić information content (AvgIpc) is 2.24. The summed E-state index contributed by atoms with van der Waals surface area (Å²) in [5, 5.41) is 3.31. The van der Waals surface area contributed by atoms with E-state index in [2.05, 4.69) is 26.1 Å². The third kappa shape index (κ3) is 6.20. The van der Waals surface area contributed by atoms with Crippen LogP contribution in [0.2, 0.25) is 6.04 Å². The highest BCUT2D eigenvalue weighted by Gasteiger charge is 2.51. The summed E-state index contributed by atoms with van der Waals surface area (Å²) < 4.78 is 18.6. The predicted molar refractivity (Wildman–Crippen MR) is 83.7 cm³/mol. The maximum absolute atomic E-state index is 6.29. The van der Waals surface area contributed by atoms with Crippen LogP contribution in [-0.4, -0.2) is 46.2 Å². The Hall–Kier alpha value is 0.0169. The molecule has 1 aliphatic heterocycles. The molecule has 6 heteroatoms. The minimum atomic E-state index is -2.58. The highest BCUT2D eigenvalue weighted by atomic mass is 28.4. The van der Waals surface area contributed by atoms with Crippen molar-refractivity contribution < 1.29 is 13.3 Å². The largest absolute Gasteiger partial charge is 0.501 e. The van der Waals surface area contributed by atoms with Gasteiger partial charge in [0.2, 0.25) is 0 Å². The van der Waals surface area contributed by atoms with Gasteiger partial charge >= 0.3 is 8.80 Å². The van der Waals surface area contributed by atoms with E-state index in [1.807, 2.05) is 13.8 Å². The van der Waals surface area contributed by atoms with Crippen LogP contribution in [0, 0.1) is 0 Å². The zero-order valence-corrected chi connectivity index (χ0v) is 14.7. The lowest BCUT2D eigenvalue weighted by atomic mass is 10.0. The lowest BCUT2D eigenvalue weighted by Gasteiger charge is -2.45. The highest BCUT2D eigenvalue weighted by molar-refractivity contribution is 6.61. The van der Waals surface area contributed by atoms with Crippen molar-refractivity contribution in [1.29, 1.82) is 0 Å². The molecule has 0 bridgehead atoms. The van der Waals surface area contributed by atoms with Crippen molar-refractivity contribution in [2.45, 2.75) is 71.3 Å². The van der Waals surface area contributed by atoms with E-state index in [1.54, 1.807) is 0 Å². The van der Waals surface area contributed by atoms with Gasteiger partial charge in [0.15, 0.2) is 0 Å². The molecule has 1 aliphatic rings. The molecule has 120 valence electrons. The van der Waals surface area contributed by atoms with Gasteiger partial charge in [0.1, 0.15) is 0 Å². The predicted octanol–water partition coefficient (Wildman–Crippen LogP) is 1.89. The highest BCUT2D eigenvalue weighted by Crippen LogP contribution is 2.35. The van der Waals surface area contributed by atoms with Gasteiger partial charge in [-0.1, -0.05) is 0 Å². The first-order valence-corrected chi connectivity index (χ1v) is 9.68. The molecule has 1 fully saturated rings. The van der Waals surface area contributed by atoms with E-state index in [1.165, 1.54) is 0 Å². The molecule has 5 nitrogen and oxygen atoms in total. The lowest BCUT2D eigenvalue weighted by molar-refractivity contribution is -0.0979. The molecule has 1 heterocycles. The van der Waals surface area contributed by atoms with E-state index < -0.39 is 8.80 Å². The summed E-state index contributed by atoms with van der Waals surface area (Å²) in [4.78, 5) is 0. The molecule has 1 rings (SSSR count).